The minimum atomic E-state index is -0.750. The fraction of sp³-hybridized carbons (Fsp3) is 0.450. The van der Waals surface area contributed by atoms with Crippen molar-refractivity contribution in [3.05, 3.63) is 28.6 Å². The maximum atomic E-state index is 12.5. The molecule has 1 unspecified atom stereocenters. The van der Waals surface area contributed by atoms with Gasteiger partial charge in [0.05, 0.1) is 29.1 Å². The van der Waals surface area contributed by atoms with Crippen LogP contribution < -0.4 is 9.64 Å². The summed E-state index contributed by atoms with van der Waals surface area (Å²) in [6.45, 7) is 5.73. The molecule has 28 heavy (non-hydrogen) atoms. The van der Waals surface area contributed by atoms with Gasteiger partial charge < -0.3 is 14.2 Å². The van der Waals surface area contributed by atoms with Crippen molar-refractivity contribution in [2.45, 2.75) is 39.3 Å². The zero-order chi connectivity index (χ0) is 20.3. The number of benzene rings is 1. The Morgan fingerprint density at radius 2 is 2.14 bits per heavy atom. The molecule has 2 heterocycles. The number of carbonyl (C=O) groups is 2. The van der Waals surface area contributed by atoms with E-state index in [1.54, 1.807) is 45.3 Å². The predicted octanol–water partition coefficient (Wildman–Crippen LogP) is 3.06. The molecule has 0 spiro atoms. The smallest absolute Gasteiger partial charge is 0.329 e. The molecule has 1 aliphatic heterocycles. The topological polar surface area (TPSA) is 78.0 Å². The second-order valence-corrected chi connectivity index (χ2v) is 7.71. The van der Waals surface area contributed by atoms with Gasteiger partial charge in [0.25, 0.3) is 5.91 Å². The molecule has 0 saturated heterocycles. The van der Waals surface area contributed by atoms with Crippen molar-refractivity contribution in [1.82, 2.24) is 4.98 Å². The Labute approximate surface area is 168 Å². The zero-order valence-electron chi connectivity index (χ0n) is 16.4. The standard InChI is InChI=1S/C20H24N2O5S/c1-12(2)27-20(24)13(3)22-16-9-14(5-6-17(16)26-10-19(22)23)15-11-28-18(21-15)7-8-25-4/h5-6,9,11-13H,7-8,10H2,1-4H3. The summed E-state index contributed by atoms with van der Waals surface area (Å²) in [7, 11) is 1.66. The van der Waals surface area contributed by atoms with Crippen molar-refractivity contribution in [2.75, 3.05) is 25.2 Å². The van der Waals surface area contributed by atoms with E-state index in [2.05, 4.69) is 4.98 Å². The van der Waals surface area contributed by atoms with Crippen molar-refractivity contribution in [3.8, 4) is 17.0 Å². The molecule has 8 heteroatoms. The molecule has 3 rings (SSSR count). The molecule has 7 nitrogen and oxygen atoms in total. The molecular formula is C20H24N2O5S. The highest BCUT2D eigenvalue weighted by atomic mass is 32.1. The molecule has 0 N–H and O–H groups in total. The number of amides is 1. The number of rotatable bonds is 7. The summed E-state index contributed by atoms with van der Waals surface area (Å²) in [5.41, 5.74) is 2.22. The number of carbonyl (C=O) groups excluding carboxylic acids is 2. The number of hydrogen-bond donors (Lipinski definition) is 0. The van der Waals surface area contributed by atoms with Gasteiger partial charge in [0.1, 0.15) is 11.8 Å². The first-order valence-corrected chi connectivity index (χ1v) is 10.0. The monoisotopic (exact) mass is 404 g/mol. The van der Waals surface area contributed by atoms with E-state index >= 15 is 0 Å². The van der Waals surface area contributed by atoms with E-state index in [0.29, 0.717) is 18.0 Å². The van der Waals surface area contributed by atoms with Crippen molar-refractivity contribution in [2.24, 2.45) is 0 Å². The van der Waals surface area contributed by atoms with Gasteiger partial charge in [0.15, 0.2) is 6.61 Å². The molecule has 1 aromatic heterocycles. The molecule has 1 aromatic carbocycles. The van der Waals surface area contributed by atoms with Crippen molar-refractivity contribution >= 4 is 28.9 Å². The van der Waals surface area contributed by atoms with Crippen LogP contribution in [0.3, 0.4) is 0 Å². The fourth-order valence-corrected chi connectivity index (χ4v) is 3.73. The van der Waals surface area contributed by atoms with Crippen molar-refractivity contribution < 1.29 is 23.8 Å². The summed E-state index contributed by atoms with van der Waals surface area (Å²) in [6, 6.07) is 4.79. The Morgan fingerprint density at radius 3 is 2.86 bits per heavy atom. The Kier molecular flexibility index (Phi) is 6.31. The van der Waals surface area contributed by atoms with Crippen LogP contribution >= 0.6 is 11.3 Å². The van der Waals surface area contributed by atoms with Gasteiger partial charge in [-0.3, -0.25) is 9.69 Å². The van der Waals surface area contributed by atoms with E-state index in [1.165, 1.54) is 4.90 Å². The largest absolute Gasteiger partial charge is 0.482 e. The summed E-state index contributed by atoms with van der Waals surface area (Å²) in [5.74, 6) is -0.170. The lowest BCUT2D eigenvalue weighted by Gasteiger charge is -2.33. The van der Waals surface area contributed by atoms with Gasteiger partial charge in [-0.05, 0) is 39.0 Å². The number of thiazole rings is 1. The van der Waals surface area contributed by atoms with E-state index in [9.17, 15) is 9.59 Å². The molecular weight excluding hydrogens is 380 g/mol. The van der Waals surface area contributed by atoms with Crippen LogP contribution in [-0.4, -0.2) is 49.3 Å². The SMILES string of the molecule is COCCc1nc(-c2ccc3c(c2)N(C(C)C(=O)OC(C)C)C(=O)CO3)cs1. The van der Waals surface area contributed by atoms with Crippen LogP contribution in [-0.2, 0) is 25.5 Å². The van der Waals surface area contributed by atoms with E-state index < -0.39 is 12.0 Å². The van der Waals surface area contributed by atoms with Gasteiger partial charge in [0, 0.05) is 24.5 Å². The molecule has 1 aliphatic rings. The van der Waals surface area contributed by atoms with E-state index in [-0.39, 0.29) is 18.6 Å². The number of fused-ring (bicyclic) bond motifs is 1. The molecule has 0 saturated carbocycles. The maximum absolute atomic E-state index is 12.5. The van der Waals surface area contributed by atoms with Crippen molar-refractivity contribution in [1.29, 1.82) is 0 Å². The second kappa shape index (κ2) is 8.70. The maximum Gasteiger partial charge on any atom is 0.329 e. The third kappa shape index (κ3) is 4.34. The van der Waals surface area contributed by atoms with E-state index in [0.717, 1.165) is 22.7 Å². The van der Waals surface area contributed by atoms with Gasteiger partial charge in [-0.15, -0.1) is 11.3 Å². The first kappa shape index (κ1) is 20.3. The zero-order valence-corrected chi connectivity index (χ0v) is 17.2. The third-order valence-electron chi connectivity index (χ3n) is 4.29. The van der Waals surface area contributed by atoms with E-state index in [1.807, 2.05) is 17.5 Å². The Bertz CT molecular complexity index is 864. The average molecular weight is 404 g/mol. The highest BCUT2D eigenvalue weighted by molar-refractivity contribution is 7.09. The van der Waals surface area contributed by atoms with E-state index in [4.69, 9.17) is 14.2 Å². The molecule has 150 valence electrons. The van der Waals surface area contributed by atoms with Gasteiger partial charge in [0.2, 0.25) is 0 Å². The van der Waals surface area contributed by atoms with Gasteiger partial charge in [-0.25, -0.2) is 9.78 Å². The second-order valence-electron chi connectivity index (χ2n) is 6.77. The van der Waals surface area contributed by atoms with Crippen LogP contribution in [0.2, 0.25) is 0 Å². The highest BCUT2D eigenvalue weighted by Gasteiger charge is 2.34. The van der Waals surface area contributed by atoms with Gasteiger partial charge >= 0.3 is 5.97 Å². The molecule has 0 fully saturated rings. The van der Waals surface area contributed by atoms with Crippen molar-refractivity contribution in [3.63, 3.8) is 0 Å². The molecule has 1 atom stereocenters. The minimum absolute atomic E-state index is 0.108. The van der Waals surface area contributed by atoms with Gasteiger partial charge in [-0.1, -0.05) is 0 Å². The summed E-state index contributed by atoms with van der Waals surface area (Å²) >= 11 is 1.56. The summed E-state index contributed by atoms with van der Waals surface area (Å²) in [6.07, 6.45) is 0.496. The first-order chi connectivity index (χ1) is 13.4. The molecule has 2 aromatic rings. The molecule has 1 amide bonds. The Balaban J connectivity index is 1.91. The number of hydrogen-bond acceptors (Lipinski definition) is 7. The number of aromatic nitrogens is 1. The van der Waals surface area contributed by atoms with Gasteiger partial charge in [-0.2, -0.15) is 0 Å². The third-order valence-corrected chi connectivity index (χ3v) is 5.19. The molecule has 0 aliphatic carbocycles. The number of ether oxygens (including phenoxy) is 3. The summed E-state index contributed by atoms with van der Waals surface area (Å²) in [5, 5.41) is 2.95. The lowest BCUT2D eigenvalue weighted by Crippen LogP contribution is -2.49. The number of esters is 1. The minimum Gasteiger partial charge on any atom is -0.482 e. The van der Waals surface area contributed by atoms with Crippen LogP contribution in [0.1, 0.15) is 25.8 Å². The summed E-state index contributed by atoms with van der Waals surface area (Å²) < 4.78 is 15.9. The first-order valence-electron chi connectivity index (χ1n) is 9.13. The average Bonchev–Trinajstić information content (AvgIpc) is 3.13. The van der Waals surface area contributed by atoms with Crippen LogP contribution in [0, 0.1) is 0 Å². The van der Waals surface area contributed by atoms with Crippen LogP contribution in [0.4, 0.5) is 5.69 Å². The van der Waals surface area contributed by atoms with Crippen LogP contribution in [0.25, 0.3) is 11.3 Å². The lowest BCUT2D eigenvalue weighted by molar-refractivity contribution is -0.149. The number of nitrogens with zero attached hydrogens (tertiary/aromatic N) is 2. The van der Waals surface area contributed by atoms with Crippen LogP contribution in [0.15, 0.2) is 23.6 Å². The quantitative estimate of drug-likeness (QED) is 0.660. The molecule has 0 bridgehead atoms. The highest BCUT2D eigenvalue weighted by Crippen LogP contribution is 2.37. The lowest BCUT2D eigenvalue weighted by atomic mass is 10.1. The van der Waals surface area contributed by atoms with Crippen LogP contribution in [0.5, 0.6) is 5.75 Å². The Hall–Kier alpha value is -2.45. The summed E-state index contributed by atoms with van der Waals surface area (Å²) in [4.78, 5) is 31.0. The Morgan fingerprint density at radius 1 is 1.36 bits per heavy atom. The predicted molar refractivity (Wildman–Crippen MR) is 107 cm³/mol. The molecule has 0 radical (unpaired) electrons. The normalized spacial score (nSPS) is 14.6. The number of methoxy groups -OCH3 is 1. The fourth-order valence-electron chi connectivity index (χ4n) is 2.94. The number of anilines is 1.